The van der Waals surface area contributed by atoms with Crippen molar-refractivity contribution in [3.05, 3.63) is 39.4 Å². The van der Waals surface area contributed by atoms with E-state index in [2.05, 4.69) is 0 Å². The molecule has 0 aliphatic heterocycles. The lowest BCUT2D eigenvalue weighted by molar-refractivity contribution is -0.385. The van der Waals surface area contributed by atoms with E-state index < -0.39 is 35.7 Å². The number of nitro groups is 1. The van der Waals surface area contributed by atoms with Gasteiger partial charge in [0.1, 0.15) is 0 Å². The van der Waals surface area contributed by atoms with Crippen LogP contribution in [0.15, 0.2) is 18.2 Å². The number of nitro benzene ring substituents is 1. The number of carbonyl (C=O) groups excluding carboxylic acids is 3. The maximum absolute atomic E-state index is 11.4. The molecule has 0 saturated heterocycles. The Hall–Kier alpha value is -2.74. The molecule has 0 amide bonds. The number of aryl methyl sites for hydroxylation is 1. The van der Waals surface area contributed by atoms with Crippen LogP contribution < -0.4 is 15.3 Å². The molecule has 11 heteroatoms. The van der Waals surface area contributed by atoms with Crippen molar-refractivity contribution in [3.63, 3.8) is 0 Å². The zero-order valence-corrected chi connectivity index (χ0v) is 15.0. The van der Waals surface area contributed by atoms with E-state index >= 15 is 0 Å². The molecule has 0 aromatic heterocycles. The van der Waals surface area contributed by atoms with Gasteiger partial charge in [-0.15, -0.1) is 0 Å². The number of aromatic carboxylic acids is 1. The minimum absolute atomic E-state index is 0.0113. The van der Waals surface area contributed by atoms with Gasteiger partial charge in [0.2, 0.25) is 0 Å². The molecule has 0 aliphatic rings. The first-order chi connectivity index (χ1) is 11.9. The van der Waals surface area contributed by atoms with Crippen LogP contribution in [-0.2, 0) is 14.2 Å². The first kappa shape index (κ1) is 23.3. The van der Waals surface area contributed by atoms with Gasteiger partial charge in [0.05, 0.1) is 23.6 Å². The summed E-state index contributed by atoms with van der Waals surface area (Å²) in [7, 11) is -2.64. The molecule has 0 N–H and O–H groups in total. The third-order valence-corrected chi connectivity index (χ3v) is 5.49. The van der Waals surface area contributed by atoms with E-state index in [1.165, 1.54) is 18.8 Å². The molecule has 0 aliphatic carbocycles. The second-order valence-corrected chi connectivity index (χ2v) is 9.04. The van der Waals surface area contributed by atoms with E-state index in [9.17, 15) is 44.4 Å². The van der Waals surface area contributed by atoms with Gasteiger partial charge in [-0.1, -0.05) is 6.07 Å². The number of hydrogen-bond acceptors (Lipinski definition) is 9. The van der Waals surface area contributed by atoms with E-state index in [-0.39, 0.29) is 30.7 Å². The molecule has 144 valence electrons. The minimum Gasteiger partial charge on any atom is -0.550 e. The largest absolute Gasteiger partial charge is 0.550 e. The fourth-order valence-electron chi connectivity index (χ4n) is 1.74. The van der Waals surface area contributed by atoms with E-state index in [0.717, 1.165) is 6.07 Å². The van der Waals surface area contributed by atoms with Crippen molar-refractivity contribution in [3.8, 4) is 0 Å². The Morgan fingerprint density at radius 3 is 1.85 bits per heavy atom. The summed E-state index contributed by atoms with van der Waals surface area (Å²) in [6.07, 6.45) is -0.604. The molecular formula is C15H17NO9P-3. The van der Waals surface area contributed by atoms with Crippen molar-refractivity contribution in [2.24, 2.45) is 0 Å². The number of carboxylic acid groups (broad SMARTS) is 3. The Balaban J connectivity index is 0.000000481. The van der Waals surface area contributed by atoms with Crippen molar-refractivity contribution in [2.45, 2.75) is 19.8 Å². The fraction of sp³-hybridized carbons (Fsp3) is 0.400. The third kappa shape index (κ3) is 9.53. The van der Waals surface area contributed by atoms with Gasteiger partial charge < -0.3 is 34.3 Å². The van der Waals surface area contributed by atoms with Crippen molar-refractivity contribution in [1.29, 1.82) is 0 Å². The summed E-state index contributed by atoms with van der Waals surface area (Å²) in [5, 5.41) is 40.9. The van der Waals surface area contributed by atoms with Crippen LogP contribution in [-0.4, -0.2) is 41.8 Å². The lowest BCUT2D eigenvalue weighted by atomic mass is 10.1. The molecular weight excluding hydrogens is 369 g/mol. The molecule has 0 saturated carbocycles. The van der Waals surface area contributed by atoms with Gasteiger partial charge in [-0.25, -0.2) is 0 Å². The Kier molecular flexibility index (Phi) is 9.21. The normalized spacial score (nSPS) is 10.4. The average Bonchev–Trinajstić information content (AvgIpc) is 2.51. The second kappa shape index (κ2) is 10.3. The van der Waals surface area contributed by atoms with Crippen molar-refractivity contribution in [2.75, 3.05) is 19.0 Å². The molecule has 1 aromatic carbocycles. The standard InChI is InChI=1S/C8H7NO4.C7H13O5P/c1-5-2-3-7(9(12)13)6(4-5)8(10)11;1-13(12,4-2-6(8)9)5-3-7(10)11/h2-4H,1H3,(H,10,11);2-5H2,1H3,(H,8,9)(H,10,11)/p-3. The highest BCUT2D eigenvalue weighted by Crippen LogP contribution is 2.41. The minimum atomic E-state index is -2.64. The van der Waals surface area contributed by atoms with Gasteiger partial charge in [0, 0.05) is 30.3 Å². The molecule has 0 radical (unpaired) electrons. The van der Waals surface area contributed by atoms with Gasteiger partial charge >= 0.3 is 0 Å². The molecule has 0 spiro atoms. The summed E-state index contributed by atoms with van der Waals surface area (Å²) in [6.45, 7) is 3.04. The van der Waals surface area contributed by atoms with Crippen LogP contribution in [0.4, 0.5) is 5.69 Å². The topological polar surface area (TPSA) is 181 Å². The van der Waals surface area contributed by atoms with Gasteiger partial charge in [0.25, 0.3) is 5.69 Å². The first-order valence-electron chi connectivity index (χ1n) is 7.27. The number of carbonyl (C=O) groups is 3. The summed E-state index contributed by atoms with van der Waals surface area (Å²) >= 11 is 0. The maximum Gasteiger partial charge on any atom is 0.278 e. The molecule has 1 rings (SSSR count). The van der Waals surface area contributed by atoms with Crippen LogP contribution in [0.3, 0.4) is 0 Å². The Morgan fingerprint density at radius 1 is 1.04 bits per heavy atom. The summed E-state index contributed by atoms with van der Waals surface area (Å²) in [6, 6.07) is 3.85. The highest BCUT2D eigenvalue weighted by atomic mass is 31.2. The third-order valence-electron chi connectivity index (χ3n) is 3.15. The van der Waals surface area contributed by atoms with E-state index in [1.54, 1.807) is 6.92 Å². The monoisotopic (exact) mass is 386 g/mol. The lowest BCUT2D eigenvalue weighted by Crippen LogP contribution is -2.24. The molecule has 0 unspecified atom stereocenters. The first-order valence-corrected chi connectivity index (χ1v) is 9.80. The summed E-state index contributed by atoms with van der Waals surface area (Å²) < 4.78 is 11.4. The van der Waals surface area contributed by atoms with Crippen molar-refractivity contribution < 1.29 is 39.2 Å². The number of aliphatic carboxylic acids is 2. The summed E-state index contributed by atoms with van der Waals surface area (Å²) in [5.74, 6) is -4.07. The van der Waals surface area contributed by atoms with Crippen LogP contribution in [0, 0.1) is 17.0 Å². The highest BCUT2D eigenvalue weighted by molar-refractivity contribution is 7.63. The lowest BCUT2D eigenvalue weighted by Gasteiger charge is -2.13. The quantitative estimate of drug-likeness (QED) is 0.292. The zero-order chi connectivity index (χ0) is 20.5. The predicted molar refractivity (Wildman–Crippen MR) is 84.7 cm³/mol. The fourth-order valence-corrected chi connectivity index (χ4v) is 3.27. The van der Waals surface area contributed by atoms with Crippen molar-refractivity contribution in [1.82, 2.24) is 0 Å². The number of carboxylic acids is 3. The molecule has 1 aromatic rings. The number of nitrogens with zero attached hydrogens (tertiary/aromatic N) is 1. The van der Waals surface area contributed by atoms with Crippen molar-refractivity contribution >= 4 is 30.7 Å². The SMILES string of the molecule is CP(=O)(CCC(=O)[O-])CCC(=O)[O-].Cc1ccc([N+](=O)[O-])c(C(=O)[O-])c1. The highest BCUT2D eigenvalue weighted by Gasteiger charge is 2.14. The smallest absolute Gasteiger partial charge is 0.278 e. The van der Waals surface area contributed by atoms with Crippen LogP contribution in [0.1, 0.15) is 28.8 Å². The van der Waals surface area contributed by atoms with Gasteiger partial charge in [0.15, 0.2) is 0 Å². The van der Waals surface area contributed by atoms with Gasteiger partial charge in [-0.05, 0) is 38.1 Å². The number of rotatable bonds is 8. The van der Waals surface area contributed by atoms with Crippen LogP contribution in [0.2, 0.25) is 0 Å². The Labute approximate surface area is 149 Å². The molecule has 0 fully saturated rings. The zero-order valence-electron chi connectivity index (χ0n) is 14.1. The second-order valence-electron chi connectivity index (χ2n) is 5.55. The Bertz CT molecular complexity index is 723. The van der Waals surface area contributed by atoms with Gasteiger partial charge in [-0.2, -0.15) is 0 Å². The predicted octanol–water partition coefficient (Wildman–Crippen LogP) is -1.47. The Morgan fingerprint density at radius 2 is 1.50 bits per heavy atom. The number of hydrogen-bond donors (Lipinski definition) is 0. The molecule has 0 heterocycles. The molecule has 0 atom stereocenters. The van der Waals surface area contributed by atoms with Crippen LogP contribution in [0.25, 0.3) is 0 Å². The van der Waals surface area contributed by atoms with E-state index in [4.69, 9.17) is 0 Å². The van der Waals surface area contributed by atoms with E-state index in [1.807, 2.05) is 0 Å². The van der Waals surface area contributed by atoms with Crippen LogP contribution in [0.5, 0.6) is 0 Å². The van der Waals surface area contributed by atoms with E-state index in [0.29, 0.717) is 5.56 Å². The molecule has 10 nitrogen and oxygen atoms in total. The molecule has 0 bridgehead atoms. The van der Waals surface area contributed by atoms with Crippen LogP contribution >= 0.6 is 7.14 Å². The summed E-state index contributed by atoms with van der Waals surface area (Å²) in [5.41, 5.74) is -0.180. The molecule has 26 heavy (non-hydrogen) atoms. The summed E-state index contributed by atoms with van der Waals surface area (Å²) in [4.78, 5) is 40.1. The maximum atomic E-state index is 11.4. The number of benzene rings is 1. The van der Waals surface area contributed by atoms with Gasteiger partial charge in [-0.3, -0.25) is 10.1 Å². The average molecular weight is 386 g/mol.